The minimum Gasteiger partial charge on any atom is -0.335 e. The second-order valence-electron chi connectivity index (χ2n) is 5.87. The van der Waals surface area contributed by atoms with Gasteiger partial charge >= 0.3 is 0 Å². The molecule has 1 N–H and O–H groups in total. The number of hydrogen-bond donors (Lipinski definition) is 1. The molecule has 2 aromatic heterocycles. The number of carbonyl (C=O) groups is 2. The van der Waals surface area contributed by atoms with Crippen LogP contribution in [0.3, 0.4) is 0 Å². The minimum atomic E-state index is -0.271. The van der Waals surface area contributed by atoms with E-state index < -0.39 is 0 Å². The number of nitrogens with zero attached hydrogens (tertiary/aromatic N) is 3. The van der Waals surface area contributed by atoms with Crippen molar-refractivity contribution < 1.29 is 9.59 Å². The molecule has 130 valence electrons. The largest absolute Gasteiger partial charge is 0.335 e. The van der Waals surface area contributed by atoms with Gasteiger partial charge in [-0.25, -0.2) is 0 Å². The van der Waals surface area contributed by atoms with E-state index in [-0.39, 0.29) is 17.5 Å². The molecule has 1 fully saturated rings. The summed E-state index contributed by atoms with van der Waals surface area (Å²) in [5, 5.41) is 4.61. The van der Waals surface area contributed by atoms with Crippen LogP contribution in [0, 0.1) is 0 Å². The van der Waals surface area contributed by atoms with Crippen molar-refractivity contribution in [3.05, 3.63) is 58.2 Å². The molecule has 0 spiro atoms. The average molecular weight is 356 g/mol. The van der Waals surface area contributed by atoms with Gasteiger partial charge in [0.25, 0.3) is 11.8 Å². The standard InChI is InChI=1S/C18H20N4O2S/c1-21-7-9-22(10-8-21)18(24)15(12-14-4-2-6-19-13-14)20-17(23)16-5-3-11-25-16/h2-6,11-13H,7-10H2,1H3,(H,20,23). The number of thiophene rings is 1. The Bertz CT molecular complexity index is 751. The van der Waals surface area contributed by atoms with Gasteiger partial charge in [-0.05, 0) is 36.2 Å². The molecule has 1 aliphatic heterocycles. The molecule has 3 rings (SSSR count). The zero-order chi connectivity index (χ0) is 17.6. The number of rotatable bonds is 4. The summed E-state index contributed by atoms with van der Waals surface area (Å²) in [5.41, 5.74) is 1.04. The van der Waals surface area contributed by atoms with Crippen molar-refractivity contribution in [2.45, 2.75) is 0 Å². The Balaban J connectivity index is 1.82. The Morgan fingerprint density at radius 1 is 1.20 bits per heavy atom. The van der Waals surface area contributed by atoms with Gasteiger partial charge in [0.15, 0.2) is 0 Å². The third-order valence-electron chi connectivity index (χ3n) is 4.01. The summed E-state index contributed by atoms with van der Waals surface area (Å²) >= 11 is 1.34. The smallest absolute Gasteiger partial charge is 0.270 e. The van der Waals surface area contributed by atoms with Gasteiger partial charge in [0.05, 0.1) is 4.88 Å². The topological polar surface area (TPSA) is 65.5 Å². The predicted molar refractivity (Wildman–Crippen MR) is 98.1 cm³/mol. The lowest BCUT2D eigenvalue weighted by Crippen LogP contribution is -2.49. The third kappa shape index (κ3) is 4.52. The number of pyridine rings is 1. The van der Waals surface area contributed by atoms with E-state index in [1.165, 1.54) is 11.3 Å². The molecule has 0 saturated carbocycles. The highest BCUT2D eigenvalue weighted by Crippen LogP contribution is 2.13. The highest BCUT2D eigenvalue weighted by molar-refractivity contribution is 7.12. The number of amides is 2. The van der Waals surface area contributed by atoms with Crippen molar-refractivity contribution in [3.8, 4) is 0 Å². The Kier molecular flexibility index (Phi) is 5.57. The monoisotopic (exact) mass is 356 g/mol. The van der Waals surface area contributed by atoms with Crippen LogP contribution in [0.15, 0.2) is 47.7 Å². The third-order valence-corrected chi connectivity index (χ3v) is 4.88. The molecule has 0 bridgehead atoms. The summed E-state index contributed by atoms with van der Waals surface area (Å²) in [6, 6.07) is 7.20. The first-order chi connectivity index (χ1) is 12.1. The van der Waals surface area contributed by atoms with E-state index in [4.69, 9.17) is 0 Å². The number of nitrogens with one attached hydrogen (secondary N) is 1. The number of likely N-dealkylation sites (N-methyl/N-ethyl adjacent to an activating group) is 1. The number of piperazine rings is 1. The first kappa shape index (κ1) is 17.3. The molecule has 2 aromatic rings. The molecule has 3 heterocycles. The molecular formula is C18H20N4O2S. The van der Waals surface area contributed by atoms with Crippen LogP contribution in [0.25, 0.3) is 6.08 Å². The fourth-order valence-corrected chi connectivity index (χ4v) is 3.17. The first-order valence-corrected chi connectivity index (χ1v) is 8.96. The molecule has 25 heavy (non-hydrogen) atoms. The molecule has 0 radical (unpaired) electrons. The summed E-state index contributed by atoms with van der Waals surface area (Å²) in [7, 11) is 2.03. The highest BCUT2D eigenvalue weighted by Gasteiger charge is 2.24. The van der Waals surface area contributed by atoms with Crippen LogP contribution in [-0.2, 0) is 4.79 Å². The second kappa shape index (κ2) is 8.04. The summed E-state index contributed by atoms with van der Waals surface area (Å²) in [6.45, 7) is 2.94. The fraction of sp³-hybridized carbons (Fsp3) is 0.278. The maximum atomic E-state index is 12.9. The lowest BCUT2D eigenvalue weighted by molar-refractivity contribution is -0.128. The van der Waals surface area contributed by atoms with E-state index in [0.29, 0.717) is 18.0 Å². The average Bonchev–Trinajstić information content (AvgIpc) is 3.17. The van der Waals surface area contributed by atoms with E-state index in [1.54, 1.807) is 35.5 Å². The van der Waals surface area contributed by atoms with E-state index in [1.807, 2.05) is 24.6 Å². The van der Waals surface area contributed by atoms with E-state index >= 15 is 0 Å². The van der Waals surface area contributed by atoms with E-state index in [0.717, 1.165) is 18.7 Å². The van der Waals surface area contributed by atoms with Crippen molar-refractivity contribution in [1.82, 2.24) is 20.1 Å². The Labute approximate surface area is 150 Å². The number of carbonyl (C=O) groups excluding carboxylic acids is 2. The minimum absolute atomic E-state index is 0.165. The van der Waals surface area contributed by atoms with Crippen LogP contribution in [-0.4, -0.2) is 59.8 Å². The van der Waals surface area contributed by atoms with Crippen LogP contribution in [0.5, 0.6) is 0 Å². The van der Waals surface area contributed by atoms with Gasteiger partial charge in [-0.15, -0.1) is 11.3 Å². The van der Waals surface area contributed by atoms with Gasteiger partial charge in [0.1, 0.15) is 5.70 Å². The Morgan fingerprint density at radius 3 is 2.64 bits per heavy atom. The van der Waals surface area contributed by atoms with E-state index in [9.17, 15) is 9.59 Å². The molecule has 1 aliphatic rings. The summed E-state index contributed by atoms with van der Waals surface area (Å²) < 4.78 is 0. The van der Waals surface area contributed by atoms with Gasteiger partial charge in [-0.2, -0.15) is 0 Å². The quantitative estimate of drug-likeness (QED) is 0.847. The maximum Gasteiger partial charge on any atom is 0.270 e. The van der Waals surface area contributed by atoms with Crippen molar-refractivity contribution >= 4 is 29.2 Å². The summed E-state index contributed by atoms with van der Waals surface area (Å²) in [6.07, 6.45) is 5.01. The summed E-state index contributed by atoms with van der Waals surface area (Å²) in [5.74, 6) is -0.436. The van der Waals surface area contributed by atoms with Crippen molar-refractivity contribution in [2.24, 2.45) is 0 Å². The molecule has 2 amide bonds. The highest BCUT2D eigenvalue weighted by atomic mass is 32.1. The molecule has 1 saturated heterocycles. The SMILES string of the molecule is CN1CCN(C(=O)C(=Cc2cccnc2)NC(=O)c2cccs2)CC1. The summed E-state index contributed by atoms with van der Waals surface area (Å²) in [4.78, 5) is 33.9. The zero-order valence-corrected chi connectivity index (χ0v) is 14.8. The van der Waals surface area contributed by atoms with Gasteiger partial charge in [-0.3, -0.25) is 14.6 Å². The normalized spacial score (nSPS) is 15.9. The number of aromatic nitrogens is 1. The molecule has 0 atom stereocenters. The second-order valence-corrected chi connectivity index (χ2v) is 6.82. The van der Waals surface area contributed by atoms with Crippen LogP contribution < -0.4 is 5.32 Å². The molecule has 0 aliphatic carbocycles. The maximum absolute atomic E-state index is 12.9. The fourth-order valence-electron chi connectivity index (χ4n) is 2.55. The van der Waals surface area contributed by atoms with Crippen LogP contribution in [0.4, 0.5) is 0 Å². The molecular weight excluding hydrogens is 336 g/mol. The lowest BCUT2D eigenvalue weighted by Gasteiger charge is -2.33. The van der Waals surface area contributed by atoms with E-state index in [2.05, 4.69) is 15.2 Å². The van der Waals surface area contributed by atoms with Crippen LogP contribution in [0.2, 0.25) is 0 Å². The van der Waals surface area contributed by atoms with Crippen molar-refractivity contribution in [3.63, 3.8) is 0 Å². The van der Waals surface area contributed by atoms with Gasteiger partial charge < -0.3 is 15.1 Å². The molecule has 0 aromatic carbocycles. The zero-order valence-electron chi connectivity index (χ0n) is 14.0. The first-order valence-electron chi connectivity index (χ1n) is 8.08. The van der Waals surface area contributed by atoms with Gasteiger partial charge in [0.2, 0.25) is 0 Å². The predicted octanol–water partition coefficient (Wildman–Crippen LogP) is 1.69. The molecule has 0 unspecified atom stereocenters. The Hall–Kier alpha value is -2.51. The van der Waals surface area contributed by atoms with Gasteiger partial charge in [-0.1, -0.05) is 12.1 Å². The van der Waals surface area contributed by atoms with Crippen molar-refractivity contribution in [1.29, 1.82) is 0 Å². The van der Waals surface area contributed by atoms with Crippen molar-refractivity contribution in [2.75, 3.05) is 33.2 Å². The van der Waals surface area contributed by atoms with Crippen LogP contribution >= 0.6 is 11.3 Å². The molecule has 7 heteroatoms. The number of hydrogen-bond acceptors (Lipinski definition) is 5. The Morgan fingerprint density at radius 2 is 2.00 bits per heavy atom. The lowest BCUT2D eigenvalue weighted by atomic mass is 10.2. The molecule has 6 nitrogen and oxygen atoms in total. The van der Waals surface area contributed by atoms with Crippen LogP contribution in [0.1, 0.15) is 15.2 Å². The van der Waals surface area contributed by atoms with Gasteiger partial charge in [0, 0.05) is 38.6 Å².